The zero-order chi connectivity index (χ0) is 18.4. The van der Waals surface area contributed by atoms with Crippen molar-refractivity contribution in [3.63, 3.8) is 0 Å². The molecule has 1 saturated heterocycles. The van der Waals surface area contributed by atoms with Crippen LogP contribution in [0.5, 0.6) is 5.75 Å². The van der Waals surface area contributed by atoms with Crippen LogP contribution in [0.1, 0.15) is 6.42 Å². The number of aliphatic carboxylic acids is 1. The normalized spacial score (nSPS) is 15.6. The van der Waals surface area contributed by atoms with Gasteiger partial charge in [0.25, 0.3) is 0 Å². The topological polar surface area (TPSA) is 83.0 Å². The molecule has 1 unspecified atom stereocenters. The molecule has 136 valence electrons. The van der Waals surface area contributed by atoms with E-state index in [1.807, 2.05) is 47.4 Å². The number of aromatic nitrogens is 1. The first-order valence-corrected chi connectivity index (χ1v) is 8.50. The van der Waals surface area contributed by atoms with Crippen molar-refractivity contribution >= 4 is 17.6 Å². The summed E-state index contributed by atoms with van der Waals surface area (Å²) in [5.41, 5.74) is 0.910. The highest BCUT2D eigenvalue weighted by Crippen LogP contribution is 2.18. The molecular weight excluding hydrogens is 334 g/mol. The van der Waals surface area contributed by atoms with E-state index in [9.17, 15) is 14.7 Å². The molecule has 1 aromatic heterocycles. The van der Waals surface area contributed by atoms with Gasteiger partial charge in [0.15, 0.2) is 0 Å². The summed E-state index contributed by atoms with van der Waals surface area (Å²) in [7, 11) is 0. The molecular formula is C19H21N3O4. The van der Waals surface area contributed by atoms with Crippen molar-refractivity contribution in [3.8, 4) is 5.75 Å². The van der Waals surface area contributed by atoms with E-state index in [1.54, 1.807) is 12.4 Å². The lowest BCUT2D eigenvalue weighted by Crippen LogP contribution is -2.56. The Bertz CT molecular complexity index is 737. The SMILES string of the molecule is O=C(O)C(CCOc1ccccc1)N1CCN(c2ccncc2)CC1=O. The molecule has 7 nitrogen and oxygen atoms in total. The average molecular weight is 355 g/mol. The standard InChI is InChI=1S/C19H21N3O4/c23-18-14-21(15-6-9-20-10-7-15)11-12-22(18)17(19(24)25)8-13-26-16-4-2-1-3-5-16/h1-7,9-10,17H,8,11-14H2,(H,24,25). The number of pyridine rings is 1. The second-order valence-corrected chi connectivity index (χ2v) is 6.02. The fraction of sp³-hybridized carbons (Fsp3) is 0.316. The van der Waals surface area contributed by atoms with Gasteiger partial charge < -0.3 is 19.6 Å². The Kier molecular flexibility index (Phi) is 5.68. The molecule has 1 amide bonds. The number of carboxylic acids is 1. The van der Waals surface area contributed by atoms with Crippen LogP contribution in [0.3, 0.4) is 0 Å². The van der Waals surface area contributed by atoms with E-state index in [0.29, 0.717) is 18.8 Å². The summed E-state index contributed by atoms with van der Waals surface area (Å²) in [5.74, 6) is -0.516. The van der Waals surface area contributed by atoms with E-state index in [2.05, 4.69) is 4.98 Å². The smallest absolute Gasteiger partial charge is 0.326 e. The highest BCUT2D eigenvalue weighted by molar-refractivity contribution is 5.87. The zero-order valence-corrected chi connectivity index (χ0v) is 14.3. The zero-order valence-electron chi connectivity index (χ0n) is 14.3. The minimum atomic E-state index is -1.01. The number of rotatable bonds is 7. The summed E-state index contributed by atoms with van der Waals surface area (Å²) in [6.45, 7) is 1.34. The molecule has 26 heavy (non-hydrogen) atoms. The van der Waals surface area contributed by atoms with E-state index in [0.717, 1.165) is 5.69 Å². The molecule has 3 rings (SSSR count). The van der Waals surface area contributed by atoms with Gasteiger partial charge in [0, 0.05) is 37.6 Å². The van der Waals surface area contributed by atoms with Crippen LogP contribution in [-0.4, -0.2) is 59.1 Å². The average Bonchev–Trinajstić information content (AvgIpc) is 2.67. The maximum absolute atomic E-state index is 12.5. The van der Waals surface area contributed by atoms with Crippen LogP contribution >= 0.6 is 0 Å². The maximum Gasteiger partial charge on any atom is 0.326 e. The molecule has 1 atom stereocenters. The Labute approximate surface area is 151 Å². The fourth-order valence-electron chi connectivity index (χ4n) is 3.01. The summed E-state index contributed by atoms with van der Waals surface area (Å²) >= 11 is 0. The number of para-hydroxylation sites is 1. The largest absolute Gasteiger partial charge is 0.494 e. The third-order valence-corrected chi connectivity index (χ3v) is 4.35. The number of anilines is 1. The highest BCUT2D eigenvalue weighted by atomic mass is 16.5. The quantitative estimate of drug-likeness (QED) is 0.813. The molecule has 0 saturated carbocycles. The van der Waals surface area contributed by atoms with E-state index in [-0.39, 0.29) is 25.5 Å². The van der Waals surface area contributed by atoms with Gasteiger partial charge in [0.05, 0.1) is 13.2 Å². The summed E-state index contributed by atoms with van der Waals surface area (Å²) in [4.78, 5) is 31.5. The number of ether oxygens (including phenoxy) is 1. The lowest BCUT2D eigenvalue weighted by atomic mass is 10.1. The summed E-state index contributed by atoms with van der Waals surface area (Å²) < 4.78 is 5.58. The van der Waals surface area contributed by atoms with Crippen molar-refractivity contribution in [2.24, 2.45) is 0 Å². The van der Waals surface area contributed by atoms with Crippen LogP contribution in [0.15, 0.2) is 54.9 Å². The number of hydrogen-bond acceptors (Lipinski definition) is 5. The van der Waals surface area contributed by atoms with E-state index >= 15 is 0 Å². The lowest BCUT2D eigenvalue weighted by Gasteiger charge is -2.38. The number of hydrogen-bond donors (Lipinski definition) is 1. The second kappa shape index (κ2) is 8.33. The van der Waals surface area contributed by atoms with E-state index in [1.165, 1.54) is 4.90 Å². The monoisotopic (exact) mass is 355 g/mol. The minimum absolute atomic E-state index is 0.160. The number of benzene rings is 1. The van der Waals surface area contributed by atoms with Crippen LogP contribution < -0.4 is 9.64 Å². The van der Waals surface area contributed by atoms with Gasteiger partial charge in [-0.2, -0.15) is 0 Å². The first-order valence-electron chi connectivity index (χ1n) is 8.50. The molecule has 0 radical (unpaired) electrons. The molecule has 0 aliphatic carbocycles. The molecule has 2 aromatic rings. The van der Waals surface area contributed by atoms with Gasteiger partial charge in [0.2, 0.25) is 5.91 Å². The molecule has 2 heterocycles. The molecule has 0 bridgehead atoms. The maximum atomic E-state index is 12.5. The van der Waals surface area contributed by atoms with E-state index in [4.69, 9.17) is 4.74 Å². The van der Waals surface area contributed by atoms with Crippen LogP contribution in [0, 0.1) is 0 Å². The number of carbonyl (C=O) groups is 2. The Balaban J connectivity index is 1.58. The van der Waals surface area contributed by atoms with Crippen molar-refractivity contribution in [3.05, 3.63) is 54.9 Å². The number of carboxylic acid groups (broad SMARTS) is 1. The first kappa shape index (κ1) is 17.7. The van der Waals surface area contributed by atoms with Gasteiger partial charge in [-0.15, -0.1) is 0 Å². The Morgan fingerprint density at radius 3 is 2.54 bits per heavy atom. The van der Waals surface area contributed by atoms with Crippen LogP contribution in [0.25, 0.3) is 0 Å². The predicted molar refractivity (Wildman–Crippen MR) is 96.1 cm³/mol. The van der Waals surface area contributed by atoms with Gasteiger partial charge in [-0.3, -0.25) is 9.78 Å². The Morgan fingerprint density at radius 2 is 1.88 bits per heavy atom. The van der Waals surface area contributed by atoms with Crippen LogP contribution in [0.2, 0.25) is 0 Å². The van der Waals surface area contributed by atoms with Gasteiger partial charge in [0.1, 0.15) is 11.8 Å². The van der Waals surface area contributed by atoms with Crippen molar-refractivity contribution in [2.75, 3.05) is 31.1 Å². The Hall–Kier alpha value is -3.09. The third kappa shape index (κ3) is 4.30. The van der Waals surface area contributed by atoms with Crippen molar-refractivity contribution in [1.29, 1.82) is 0 Å². The van der Waals surface area contributed by atoms with Gasteiger partial charge in [-0.25, -0.2) is 4.79 Å². The number of piperazine rings is 1. The van der Waals surface area contributed by atoms with Crippen molar-refractivity contribution < 1.29 is 19.4 Å². The molecule has 1 aliphatic heterocycles. The molecule has 1 N–H and O–H groups in total. The second-order valence-electron chi connectivity index (χ2n) is 6.02. The summed E-state index contributed by atoms with van der Waals surface area (Å²) in [6.07, 6.45) is 3.59. The molecule has 7 heteroatoms. The molecule has 1 aliphatic rings. The number of carbonyl (C=O) groups excluding carboxylic acids is 1. The Morgan fingerprint density at radius 1 is 1.15 bits per heavy atom. The fourth-order valence-corrected chi connectivity index (χ4v) is 3.01. The number of amides is 1. The van der Waals surface area contributed by atoms with Crippen LogP contribution in [-0.2, 0) is 9.59 Å². The van der Waals surface area contributed by atoms with Crippen molar-refractivity contribution in [1.82, 2.24) is 9.88 Å². The van der Waals surface area contributed by atoms with Crippen molar-refractivity contribution in [2.45, 2.75) is 12.5 Å². The predicted octanol–water partition coefficient (Wildman–Crippen LogP) is 1.65. The van der Waals surface area contributed by atoms with Gasteiger partial charge in [-0.05, 0) is 24.3 Å². The van der Waals surface area contributed by atoms with E-state index < -0.39 is 12.0 Å². The third-order valence-electron chi connectivity index (χ3n) is 4.35. The lowest BCUT2D eigenvalue weighted by molar-refractivity contribution is -0.151. The molecule has 1 fully saturated rings. The molecule has 1 aromatic carbocycles. The number of nitrogens with zero attached hydrogens (tertiary/aromatic N) is 3. The summed E-state index contributed by atoms with van der Waals surface area (Å²) in [5, 5.41) is 9.55. The summed E-state index contributed by atoms with van der Waals surface area (Å²) in [6, 6.07) is 12.0. The van der Waals surface area contributed by atoms with Gasteiger partial charge >= 0.3 is 5.97 Å². The molecule has 0 spiro atoms. The first-order chi connectivity index (χ1) is 12.6. The highest BCUT2D eigenvalue weighted by Gasteiger charge is 2.33. The minimum Gasteiger partial charge on any atom is -0.494 e. The van der Waals surface area contributed by atoms with Gasteiger partial charge in [-0.1, -0.05) is 18.2 Å². The van der Waals surface area contributed by atoms with Crippen LogP contribution in [0.4, 0.5) is 5.69 Å².